The standard InChI is InChI=1S/C26H21N5O6/c1-36-26(35)16-4-2-3-15(8-16)24(33)31-19-11-27-22-21(19)29-13-30-23(22)25(34)28-10-14-5-6-20-17(7-14)9-18(32)12-37-20/h2-8,11,13,27H,9-10,12H2,1H3,(H,28,34)(H,31,33). The normalized spacial score (nSPS) is 12.4. The van der Waals surface area contributed by atoms with E-state index in [9.17, 15) is 19.2 Å². The van der Waals surface area contributed by atoms with Gasteiger partial charge in [0, 0.05) is 30.3 Å². The molecule has 2 aromatic heterocycles. The highest BCUT2D eigenvalue weighted by Crippen LogP contribution is 2.25. The number of H-pyrrole nitrogens is 1. The monoisotopic (exact) mass is 499 g/mol. The van der Waals surface area contributed by atoms with Crippen LogP contribution >= 0.6 is 0 Å². The minimum Gasteiger partial charge on any atom is -0.486 e. The number of hydrogen-bond acceptors (Lipinski definition) is 8. The highest BCUT2D eigenvalue weighted by atomic mass is 16.5. The Morgan fingerprint density at radius 2 is 1.92 bits per heavy atom. The average Bonchev–Trinajstić information content (AvgIpc) is 3.33. The zero-order valence-electron chi connectivity index (χ0n) is 19.7. The molecule has 0 atom stereocenters. The molecule has 4 aromatic rings. The van der Waals surface area contributed by atoms with E-state index in [4.69, 9.17) is 9.47 Å². The van der Waals surface area contributed by atoms with Gasteiger partial charge >= 0.3 is 5.97 Å². The van der Waals surface area contributed by atoms with Crippen LogP contribution in [0.3, 0.4) is 0 Å². The molecule has 0 radical (unpaired) electrons. The van der Waals surface area contributed by atoms with Crippen molar-refractivity contribution >= 4 is 40.3 Å². The minimum absolute atomic E-state index is 0.00266. The molecule has 0 bridgehead atoms. The highest BCUT2D eigenvalue weighted by molar-refractivity contribution is 6.11. The third kappa shape index (κ3) is 4.87. The van der Waals surface area contributed by atoms with Crippen molar-refractivity contribution in [3.8, 4) is 5.75 Å². The molecular formula is C26H21N5O6. The van der Waals surface area contributed by atoms with E-state index in [1.54, 1.807) is 24.3 Å². The van der Waals surface area contributed by atoms with Crippen molar-refractivity contribution in [3.63, 3.8) is 0 Å². The van der Waals surface area contributed by atoms with Gasteiger partial charge in [0.1, 0.15) is 24.2 Å². The lowest BCUT2D eigenvalue weighted by Gasteiger charge is -2.17. The number of hydrogen-bond donors (Lipinski definition) is 3. The average molecular weight is 499 g/mol. The lowest BCUT2D eigenvalue weighted by Crippen LogP contribution is -2.25. The van der Waals surface area contributed by atoms with Crippen molar-refractivity contribution in [1.82, 2.24) is 20.3 Å². The van der Waals surface area contributed by atoms with E-state index < -0.39 is 17.8 Å². The lowest BCUT2D eigenvalue weighted by atomic mass is 10.0. The van der Waals surface area contributed by atoms with Crippen molar-refractivity contribution in [1.29, 1.82) is 0 Å². The number of nitrogens with zero attached hydrogens (tertiary/aromatic N) is 2. The molecule has 0 spiro atoms. The van der Waals surface area contributed by atoms with E-state index in [0.29, 0.717) is 28.9 Å². The number of fused-ring (bicyclic) bond motifs is 2. The molecule has 186 valence electrons. The highest BCUT2D eigenvalue weighted by Gasteiger charge is 2.20. The zero-order valence-corrected chi connectivity index (χ0v) is 19.7. The second-order valence-corrected chi connectivity index (χ2v) is 8.30. The van der Waals surface area contributed by atoms with E-state index in [-0.39, 0.29) is 35.8 Å². The van der Waals surface area contributed by atoms with Gasteiger partial charge in [-0.05, 0) is 35.9 Å². The third-order valence-corrected chi connectivity index (χ3v) is 5.83. The molecule has 1 aliphatic heterocycles. The molecule has 0 unspecified atom stereocenters. The van der Waals surface area contributed by atoms with Crippen LogP contribution in [-0.4, -0.2) is 52.2 Å². The summed E-state index contributed by atoms with van der Waals surface area (Å²) in [6.07, 6.45) is 3.05. The molecule has 0 aliphatic carbocycles. The first kappa shape index (κ1) is 23.7. The van der Waals surface area contributed by atoms with E-state index in [1.165, 1.54) is 25.7 Å². The number of benzene rings is 2. The number of ether oxygens (including phenoxy) is 2. The van der Waals surface area contributed by atoms with Crippen LogP contribution in [0.5, 0.6) is 5.75 Å². The lowest BCUT2D eigenvalue weighted by molar-refractivity contribution is -0.121. The van der Waals surface area contributed by atoms with Crippen LogP contribution in [0, 0.1) is 0 Å². The number of nitrogens with one attached hydrogen (secondary N) is 3. The Morgan fingerprint density at radius 3 is 2.76 bits per heavy atom. The fourth-order valence-corrected chi connectivity index (χ4v) is 4.02. The van der Waals surface area contributed by atoms with Crippen LogP contribution in [0.25, 0.3) is 11.0 Å². The van der Waals surface area contributed by atoms with Gasteiger partial charge in [-0.1, -0.05) is 12.1 Å². The summed E-state index contributed by atoms with van der Waals surface area (Å²) >= 11 is 0. The first-order valence-corrected chi connectivity index (χ1v) is 11.3. The topological polar surface area (TPSA) is 152 Å². The Balaban J connectivity index is 1.31. The van der Waals surface area contributed by atoms with Crippen LogP contribution in [0.2, 0.25) is 0 Å². The van der Waals surface area contributed by atoms with E-state index in [2.05, 4.69) is 25.6 Å². The van der Waals surface area contributed by atoms with Gasteiger partial charge in [0.15, 0.2) is 11.5 Å². The number of anilines is 1. The fourth-order valence-electron chi connectivity index (χ4n) is 4.02. The summed E-state index contributed by atoms with van der Waals surface area (Å²) in [6.45, 7) is 0.290. The maximum Gasteiger partial charge on any atom is 0.337 e. The maximum absolute atomic E-state index is 12.9. The van der Waals surface area contributed by atoms with Gasteiger partial charge in [0.25, 0.3) is 11.8 Å². The summed E-state index contributed by atoms with van der Waals surface area (Å²) in [6, 6.07) is 11.5. The molecule has 3 heterocycles. The summed E-state index contributed by atoms with van der Waals surface area (Å²) in [4.78, 5) is 60.4. The number of esters is 1. The summed E-state index contributed by atoms with van der Waals surface area (Å²) in [5.74, 6) is -0.788. The third-order valence-electron chi connectivity index (χ3n) is 5.83. The molecule has 11 nitrogen and oxygen atoms in total. The summed E-state index contributed by atoms with van der Waals surface area (Å²) < 4.78 is 10.1. The Hall–Kier alpha value is -5.06. The molecular weight excluding hydrogens is 478 g/mol. The van der Waals surface area contributed by atoms with Crippen molar-refractivity contribution in [2.45, 2.75) is 13.0 Å². The quantitative estimate of drug-likeness (QED) is 0.342. The number of carbonyl (C=O) groups excluding carboxylic acids is 4. The van der Waals surface area contributed by atoms with E-state index >= 15 is 0 Å². The number of aromatic nitrogens is 3. The molecule has 0 saturated heterocycles. The Bertz CT molecular complexity index is 1560. The first-order valence-electron chi connectivity index (χ1n) is 11.3. The first-order chi connectivity index (χ1) is 17.9. The van der Waals surface area contributed by atoms with E-state index in [1.807, 2.05) is 12.1 Å². The van der Waals surface area contributed by atoms with Crippen LogP contribution in [0.4, 0.5) is 5.69 Å². The Morgan fingerprint density at radius 1 is 1.08 bits per heavy atom. The molecule has 5 rings (SSSR count). The van der Waals surface area contributed by atoms with Gasteiger partial charge in [0.2, 0.25) is 0 Å². The number of ketones is 1. The second kappa shape index (κ2) is 9.90. The van der Waals surface area contributed by atoms with Gasteiger partial charge in [-0.2, -0.15) is 0 Å². The number of rotatable bonds is 6. The fraction of sp³-hybridized carbons (Fsp3) is 0.154. The van der Waals surface area contributed by atoms with Crippen LogP contribution in [0.15, 0.2) is 55.0 Å². The molecule has 0 saturated carbocycles. The van der Waals surface area contributed by atoms with Gasteiger partial charge < -0.3 is 25.1 Å². The van der Waals surface area contributed by atoms with Gasteiger partial charge in [-0.25, -0.2) is 14.8 Å². The second-order valence-electron chi connectivity index (χ2n) is 8.30. The summed E-state index contributed by atoms with van der Waals surface area (Å²) in [7, 11) is 1.26. The predicted molar refractivity (Wildman–Crippen MR) is 131 cm³/mol. The Labute approximate surface area is 210 Å². The van der Waals surface area contributed by atoms with E-state index in [0.717, 1.165) is 11.1 Å². The van der Waals surface area contributed by atoms with Gasteiger partial charge in [-0.3, -0.25) is 14.4 Å². The minimum atomic E-state index is -0.553. The molecule has 1 aliphatic rings. The maximum atomic E-state index is 12.9. The van der Waals surface area contributed by atoms with Crippen molar-refractivity contribution in [2.75, 3.05) is 19.0 Å². The Kier molecular flexibility index (Phi) is 6.33. The number of carbonyl (C=O) groups is 4. The largest absolute Gasteiger partial charge is 0.486 e. The molecule has 2 amide bonds. The van der Waals surface area contributed by atoms with Crippen molar-refractivity contribution < 1.29 is 28.7 Å². The predicted octanol–water partition coefficient (Wildman–Crippen LogP) is 2.43. The molecule has 2 aromatic carbocycles. The number of aromatic amines is 1. The van der Waals surface area contributed by atoms with Crippen molar-refractivity contribution in [2.24, 2.45) is 0 Å². The zero-order chi connectivity index (χ0) is 25.9. The molecule has 3 N–H and O–H groups in total. The van der Waals surface area contributed by atoms with Crippen LogP contribution in [-0.2, 0) is 22.5 Å². The summed E-state index contributed by atoms with van der Waals surface area (Å²) in [5, 5.41) is 5.56. The van der Waals surface area contributed by atoms with Gasteiger partial charge in [-0.15, -0.1) is 0 Å². The number of amides is 2. The number of methoxy groups -OCH3 is 1. The van der Waals surface area contributed by atoms with Crippen LogP contribution < -0.4 is 15.4 Å². The number of Topliss-reactive ketones (excluding diaryl/α,β-unsaturated/α-hetero) is 1. The smallest absolute Gasteiger partial charge is 0.337 e. The molecule has 0 fully saturated rings. The van der Waals surface area contributed by atoms with Crippen molar-refractivity contribution in [3.05, 3.63) is 82.9 Å². The SMILES string of the molecule is COC(=O)c1cccc(C(=O)Nc2c[nH]c3c(C(=O)NCc4ccc5c(c4)CC(=O)CO5)ncnc23)c1. The summed E-state index contributed by atoms with van der Waals surface area (Å²) in [5.41, 5.74) is 3.24. The van der Waals surface area contributed by atoms with Gasteiger partial charge in [0.05, 0.1) is 23.9 Å². The molecule has 37 heavy (non-hydrogen) atoms. The van der Waals surface area contributed by atoms with Crippen LogP contribution in [0.1, 0.15) is 42.3 Å². The molecule has 11 heteroatoms.